The van der Waals surface area contributed by atoms with E-state index in [0.29, 0.717) is 5.69 Å². The molecule has 0 saturated heterocycles. The normalized spacial score (nSPS) is 10.9. The van der Waals surface area contributed by atoms with Gasteiger partial charge in [-0.3, -0.25) is 0 Å². The molecule has 0 bridgehead atoms. The molecule has 0 aliphatic rings. The summed E-state index contributed by atoms with van der Waals surface area (Å²) in [6, 6.07) is 22.6. The third-order valence-electron chi connectivity index (χ3n) is 5.93. The number of aromatic amines is 2. The highest BCUT2D eigenvalue weighted by molar-refractivity contribution is 5.84. The lowest BCUT2D eigenvalue weighted by Crippen LogP contribution is -2.11. The van der Waals surface area contributed by atoms with E-state index < -0.39 is 11.9 Å². The Morgan fingerprint density at radius 2 is 1.23 bits per heavy atom. The molecule has 0 fully saturated rings. The minimum atomic E-state index is -4.45. The summed E-state index contributed by atoms with van der Waals surface area (Å²) in [6.45, 7) is 7.42. The lowest BCUT2D eigenvalue weighted by Gasteiger charge is -2.12. The lowest BCUT2D eigenvalue weighted by molar-refractivity contribution is -0.141. The van der Waals surface area contributed by atoms with Crippen molar-refractivity contribution in [1.82, 2.24) is 19.9 Å². The summed E-state index contributed by atoms with van der Waals surface area (Å²) in [4.78, 5) is 14.2. The summed E-state index contributed by atoms with van der Waals surface area (Å²) in [7, 11) is 0. The Balaban J connectivity index is 0.000000177. The summed E-state index contributed by atoms with van der Waals surface area (Å²) in [5.74, 6) is 1.04. The third kappa shape index (κ3) is 6.99. The Kier molecular flexibility index (Phi) is 8.73. The minimum absolute atomic E-state index is 0.106. The number of nitrogens with zero attached hydrogens (tertiary/aromatic N) is 2. The summed E-state index contributed by atoms with van der Waals surface area (Å²) in [5, 5.41) is 8.36. The van der Waals surface area contributed by atoms with Crippen molar-refractivity contribution in [1.29, 1.82) is 0 Å². The zero-order chi connectivity index (χ0) is 28.7. The number of halogens is 3. The first kappa shape index (κ1) is 28.2. The lowest BCUT2D eigenvalue weighted by atomic mass is 10.2. The second-order valence-corrected chi connectivity index (χ2v) is 8.89. The first-order valence-corrected chi connectivity index (χ1v) is 12.9. The average Bonchev–Trinajstić information content (AvgIpc) is 3.61. The van der Waals surface area contributed by atoms with E-state index in [1.807, 2.05) is 69.6 Å². The number of rotatable bonds is 4. The van der Waals surface area contributed by atoms with E-state index in [-0.39, 0.29) is 11.4 Å². The van der Waals surface area contributed by atoms with Gasteiger partial charge in [-0.1, -0.05) is 26.0 Å². The van der Waals surface area contributed by atoms with Crippen LogP contribution in [0.15, 0.2) is 91.4 Å². The molecule has 0 saturated carbocycles. The summed E-state index contributed by atoms with van der Waals surface area (Å²) in [5.41, 5.74) is 4.25. The van der Waals surface area contributed by atoms with Crippen molar-refractivity contribution < 1.29 is 13.2 Å². The molecule has 0 spiro atoms. The highest BCUT2D eigenvalue weighted by atomic mass is 19.4. The van der Waals surface area contributed by atoms with E-state index in [0.717, 1.165) is 33.5 Å². The number of H-pyrrole nitrogens is 2. The van der Waals surface area contributed by atoms with Gasteiger partial charge in [0, 0.05) is 51.8 Å². The van der Waals surface area contributed by atoms with E-state index in [1.165, 1.54) is 24.4 Å². The van der Waals surface area contributed by atoms with Crippen molar-refractivity contribution in [3.8, 4) is 0 Å². The molecule has 0 radical (unpaired) electrons. The molecule has 6 nitrogen and oxygen atoms in total. The SMILES string of the molecule is CC.Cc1ccc(Nc2ccc3[nH]ccc3c2)nc1.Cc1ccc(Nc2ccc3[nH]ccc3c2)nc1C(F)(F)F. The number of fused-ring (bicyclic) bond motifs is 2. The predicted molar refractivity (Wildman–Crippen MR) is 157 cm³/mol. The molecular weight excluding hydrogens is 513 g/mol. The number of aromatic nitrogens is 4. The number of anilines is 4. The molecule has 4 heterocycles. The van der Waals surface area contributed by atoms with Gasteiger partial charge in [-0.15, -0.1) is 0 Å². The van der Waals surface area contributed by atoms with E-state index >= 15 is 0 Å². The second-order valence-electron chi connectivity index (χ2n) is 8.89. The van der Waals surface area contributed by atoms with E-state index in [2.05, 4.69) is 48.8 Å². The Morgan fingerprint density at radius 1 is 0.675 bits per heavy atom. The predicted octanol–water partition coefficient (Wildman–Crippen LogP) is 9.27. The molecule has 2 aromatic carbocycles. The van der Waals surface area contributed by atoms with Gasteiger partial charge in [0.2, 0.25) is 0 Å². The average molecular weight is 545 g/mol. The number of pyridine rings is 2. The number of nitrogens with one attached hydrogen (secondary N) is 4. The van der Waals surface area contributed by atoms with Crippen LogP contribution in [0.4, 0.5) is 36.2 Å². The maximum absolute atomic E-state index is 12.8. The van der Waals surface area contributed by atoms with E-state index in [9.17, 15) is 13.2 Å². The molecule has 0 unspecified atom stereocenters. The Bertz CT molecular complexity index is 1680. The molecule has 4 N–H and O–H groups in total. The Labute approximate surface area is 230 Å². The Morgan fingerprint density at radius 3 is 1.75 bits per heavy atom. The van der Waals surface area contributed by atoms with Crippen LogP contribution in [0.1, 0.15) is 30.7 Å². The monoisotopic (exact) mass is 544 g/mol. The maximum atomic E-state index is 12.8. The molecule has 6 rings (SSSR count). The fourth-order valence-electron chi connectivity index (χ4n) is 3.98. The fraction of sp³-hybridized carbons (Fsp3) is 0.161. The van der Waals surface area contributed by atoms with Gasteiger partial charge in [-0.05, 0) is 85.6 Å². The van der Waals surface area contributed by atoms with Gasteiger partial charge < -0.3 is 20.6 Å². The van der Waals surface area contributed by atoms with Crippen molar-refractivity contribution in [3.05, 3.63) is 108 Å². The van der Waals surface area contributed by atoms with Gasteiger partial charge in [-0.2, -0.15) is 13.2 Å². The van der Waals surface area contributed by atoms with E-state index in [1.54, 1.807) is 12.3 Å². The molecule has 0 atom stereocenters. The molecule has 40 heavy (non-hydrogen) atoms. The highest BCUT2D eigenvalue weighted by Crippen LogP contribution is 2.31. The van der Waals surface area contributed by atoms with Crippen molar-refractivity contribution in [2.75, 3.05) is 10.6 Å². The standard InChI is InChI=1S/C15H12F3N3.C14H13N3.C2H6/c1-9-2-5-13(21-14(9)15(16,17)18)20-11-3-4-12-10(8-11)6-7-19-12;1-10-2-5-14(16-9-10)17-12-3-4-13-11(8-12)6-7-15-13;1-2/h2-8,19H,1H3,(H,20,21);2-9,15H,1H3,(H,16,17);1-2H3. The van der Waals surface area contributed by atoms with Crippen LogP contribution in [0, 0.1) is 13.8 Å². The van der Waals surface area contributed by atoms with Crippen LogP contribution >= 0.6 is 0 Å². The number of hydrogen-bond donors (Lipinski definition) is 4. The molecule has 4 aromatic heterocycles. The molecule has 0 aliphatic heterocycles. The number of benzene rings is 2. The number of alkyl halides is 3. The van der Waals surface area contributed by atoms with Crippen LogP contribution in [0.3, 0.4) is 0 Å². The summed E-state index contributed by atoms with van der Waals surface area (Å²) >= 11 is 0. The van der Waals surface area contributed by atoms with Crippen molar-refractivity contribution in [3.63, 3.8) is 0 Å². The van der Waals surface area contributed by atoms with Crippen LogP contribution in [0.25, 0.3) is 21.8 Å². The number of hydrogen-bond acceptors (Lipinski definition) is 4. The molecule has 6 aromatic rings. The fourth-order valence-corrected chi connectivity index (χ4v) is 3.98. The van der Waals surface area contributed by atoms with Gasteiger partial charge in [-0.25, -0.2) is 9.97 Å². The van der Waals surface area contributed by atoms with Crippen LogP contribution in [0.5, 0.6) is 0 Å². The Hall–Kier alpha value is -4.79. The van der Waals surface area contributed by atoms with Gasteiger partial charge in [0.25, 0.3) is 0 Å². The van der Waals surface area contributed by atoms with Crippen molar-refractivity contribution in [2.24, 2.45) is 0 Å². The van der Waals surface area contributed by atoms with Crippen LogP contribution in [-0.4, -0.2) is 19.9 Å². The van der Waals surface area contributed by atoms with Crippen LogP contribution < -0.4 is 10.6 Å². The zero-order valence-corrected chi connectivity index (χ0v) is 22.7. The first-order valence-electron chi connectivity index (χ1n) is 12.9. The van der Waals surface area contributed by atoms with Gasteiger partial charge in [0.05, 0.1) is 0 Å². The summed E-state index contributed by atoms with van der Waals surface area (Å²) in [6.07, 6.45) is 1.16. The smallest absolute Gasteiger partial charge is 0.361 e. The topological polar surface area (TPSA) is 81.4 Å². The third-order valence-corrected chi connectivity index (χ3v) is 5.93. The van der Waals surface area contributed by atoms with Crippen LogP contribution in [0.2, 0.25) is 0 Å². The minimum Gasteiger partial charge on any atom is -0.361 e. The number of aryl methyl sites for hydroxylation is 2. The van der Waals surface area contributed by atoms with Crippen molar-refractivity contribution >= 4 is 44.8 Å². The summed E-state index contributed by atoms with van der Waals surface area (Å²) < 4.78 is 38.5. The van der Waals surface area contributed by atoms with Crippen LogP contribution in [-0.2, 0) is 6.18 Å². The second kappa shape index (κ2) is 12.4. The first-order chi connectivity index (χ1) is 19.2. The van der Waals surface area contributed by atoms with Gasteiger partial charge in [0.1, 0.15) is 17.3 Å². The van der Waals surface area contributed by atoms with Crippen molar-refractivity contribution in [2.45, 2.75) is 33.9 Å². The molecule has 0 amide bonds. The van der Waals surface area contributed by atoms with Gasteiger partial charge in [0.15, 0.2) is 0 Å². The van der Waals surface area contributed by atoms with E-state index in [4.69, 9.17) is 0 Å². The maximum Gasteiger partial charge on any atom is 0.433 e. The quantitative estimate of drug-likeness (QED) is 0.178. The molecule has 206 valence electrons. The van der Waals surface area contributed by atoms with Gasteiger partial charge >= 0.3 is 6.18 Å². The highest BCUT2D eigenvalue weighted by Gasteiger charge is 2.34. The largest absolute Gasteiger partial charge is 0.433 e. The molecule has 9 heteroatoms. The zero-order valence-electron chi connectivity index (χ0n) is 22.7. The molecule has 0 aliphatic carbocycles. The molecular formula is C31H31F3N6.